The van der Waals surface area contributed by atoms with Crippen LogP contribution in [0.25, 0.3) is 0 Å². The van der Waals surface area contributed by atoms with Crippen molar-refractivity contribution in [1.82, 2.24) is 10.3 Å². The van der Waals surface area contributed by atoms with Crippen LogP contribution < -0.4 is 10.1 Å². The van der Waals surface area contributed by atoms with Gasteiger partial charge in [-0.2, -0.15) is 0 Å². The van der Waals surface area contributed by atoms with Gasteiger partial charge in [-0.3, -0.25) is 4.98 Å². The third-order valence-corrected chi connectivity index (χ3v) is 2.67. The SMILES string of the molecule is CCNCc1cncc(Oc2cccc(CO)c2)c1. The monoisotopic (exact) mass is 258 g/mol. The number of benzene rings is 1. The van der Waals surface area contributed by atoms with Gasteiger partial charge in [0.15, 0.2) is 0 Å². The van der Waals surface area contributed by atoms with Crippen molar-refractivity contribution in [3.8, 4) is 11.5 Å². The van der Waals surface area contributed by atoms with E-state index >= 15 is 0 Å². The highest BCUT2D eigenvalue weighted by atomic mass is 16.5. The number of pyridine rings is 1. The largest absolute Gasteiger partial charge is 0.456 e. The molecule has 0 atom stereocenters. The van der Waals surface area contributed by atoms with E-state index < -0.39 is 0 Å². The highest BCUT2D eigenvalue weighted by molar-refractivity contribution is 5.33. The van der Waals surface area contributed by atoms with E-state index in [1.807, 2.05) is 36.5 Å². The number of aliphatic hydroxyl groups is 1. The summed E-state index contributed by atoms with van der Waals surface area (Å²) < 4.78 is 5.74. The Morgan fingerprint density at radius 1 is 1.16 bits per heavy atom. The van der Waals surface area contributed by atoms with E-state index in [4.69, 9.17) is 9.84 Å². The molecule has 2 N–H and O–H groups in total. The summed E-state index contributed by atoms with van der Waals surface area (Å²) in [5.74, 6) is 1.40. The molecule has 0 saturated heterocycles. The molecule has 0 saturated carbocycles. The highest BCUT2D eigenvalue weighted by Gasteiger charge is 2.01. The Morgan fingerprint density at radius 3 is 2.79 bits per heavy atom. The van der Waals surface area contributed by atoms with E-state index in [-0.39, 0.29) is 6.61 Å². The first-order chi connectivity index (χ1) is 9.31. The smallest absolute Gasteiger partial charge is 0.146 e. The maximum absolute atomic E-state index is 9.09. The third kappa shape index (κ3) is 4.05. The molecule has 1 heterocycles. The van der Waals surface area contributed by atoms with E-state index in [0.717, 1.165) is 24.2 Å². The van der Waals surface area contributed by atoms with Crippen LogP contribution in [0.4, 0.5) is 0 Å². The predicted octanol–water partition coefficient (Wildman–Crippen LogP) is 2.48. The van der Waals surface area contributed by atoms with Crippen molar-refractivity contribution in [3.05, 3.63) is 53.9 Å². The van der Waals surface area contributed by atoms with Crippen molar-refractivity contribution in [2.75, 3.05) is 6.54 Å². The van der Waals surface area contributed by atoms with Crippen molar-refractivity contribution in [3.63, 3.8) is 0 Å². The summed E-state index contributed by atoms with van der Waals surface area (Å²) in [7, 11) is 0. The number of aromatic nitrogens is 1. The van der Waals surface area contributed by atoms with E-state index in [9.17, 15) is 0 Å². The molecule has 0 fully saturated rings. The summed E-state index contributed by atoms with van der Waals surface area (Å²) >= 11 is 0. The summed E-state index contributed by atoms with van der Waals surface area (Å²) in [6, 6.07) is 9.35. The number of hydrogen-bond donors (Lipinski definition) is 2. The number of rotatable bonds is 6. The van der Waals surface area contributed by atoms with Crippen LogP contribution in [-0.4, -0.2) is 16.6 Å². The first-order valence-corrected chi connectivity index (χ1v) is 6.34. The molecule has 19 heavy (non-hydrogen) atoms. The molecule has 1 aromatic heterocycles. The quantitative estimate of drug-likeness (QED) is 0.835. The Balaban J connectivity index is 2.09. The molecule has 0 bridgehead atoms. The van der Waals surface area contributed by atoms with Gasteiger partial charge in [-0.05, 0) is 35.9 Å². The maximum Gasteiger partial charge on any atom is 0.146 e. The van der Waals surface area contributed by atoms with Crippen LogP contribution in [-0.2, 0) is 13.2 Å². The molecule has 0 aliphatic rings. The summed E-state index contributed by atoms with van der Waals surface area (Å²) in [6.07, 6.45) is 3.50. The van der Waals surface area contributed by atoms with Crippen molar-refractivity contribution in [1.29, 1.82) is 0 Å². The Bertz CT molecular complexity index is 529. The van der Waals surface area contributed by atoms with Crippen LogP contribution in [0.2, 0.25) is 0 Å². The summed E-state index contributed by atoms with van der Waals surface area (Å²) in [6.45, 7) is 3.77. The van der Waals surface area contributed by atoms with Gasteiger partial charge in [0.25, 0.3) is 0 Å². The average Bonchev–Trinajstić information content (AvgIpc) is 2.46. The second-order valence-electron chi connectivity index (χ2n) is 4.22. The molecule has 0 spiro atoms. The minimum Gasteiger partial charge on any atom is -0.456 e. The zero-order valence-electron chi connectivity index (χ0n) is 11.0. The maximum atomic E-state index is 9.09. The third-order valence-electron chi connectivity index (χ3n) is 2.67. The van der Waals surface area contributed by atoms with E-state index in [0.29, 0.717) is 11.5 Å². The van der Waals surface area contributed by atoms with Gasteiger partial charge in [0.05, 0.1) is 12.8 Å². The van der Waals surface area contributed by atoms with E-state index in [1.165, 1.54) is 0 Å². The molecule has 0 aliphatic carbocycles. The minimum absolute atomic E-state index is 0.00983. The van der Waals surface area contributed by atoms with E-state index in [1.54, 1.807) is 6.20 Å². The molecular formula is C15H18N2O2. The van der Waals surface area contributed by atoms with Gasteiger partial charge in [-0.25, -0.2) is 0 Å². The Kier molecular flexibility index (Phi) is 4.89. The highest BCUT2D eigenvalue weighted by Crippen LogP contribution is 2.22. The second kappa shape index (κ2) is 6.87. The van der Waals surface area contributed by atoms with Crippen LogP contribution in [0.3, 0.4) is 0 Å². The lowest BCUT2D eigenvalue weighted by atomic mass is 10.2. The standard InChI is InChI=1S/C15H18N2O2/c1-2-16-8-13-7-15(10-17-9-13)19-14-5-3-4-12(6-14)11-18/h3-7,9-10,16,18H,2,8,11H2,1H3. The lowest BCUT2D eigenvalue weighted by Gasteiger charge is -2.08. The molecule has 2 rings (SSSR count). The van der Waals surface area contributed by atoms with Crippen LogP contribution in [0.1, 0.15) is 18.1 Å². The fourth-order valence-electron chi connectivity index (χ4n) is 1.73. The number of nitrogens with one attached hydrogen (secondary N) is 1. The molecule has 100 valence electrons. The molecule has 4 heteroatoms. The lowest BCUT2D eigenvalue weighted by molar-refractivity contribution is 0.281. The minimum atomic E-state index is 0.00983. The molecular weight excluding hydrogens is 240 g/mol. The van der Waals surface area contributed by atoms with Gasteiger partial charge in [-0.1, -0.05) is 19.1 Å². The average molecular weight is 258 g/mol. The zero-order valence-corrected chi connectivity index (χ0v) is 11.0. The van der Waals surface area contributed by atoms with Crippen molar-refractivity contribution in [2.45, 2.75) is 20.1 Å². The Morgan fingerprint density at radius 2 is 2.00 bits per heavy atom. The number of nitrogens with zero attached hydrogens (tertiary/aromatic N) is 1. The predicted molar refractivity (Wildman–Crippen MR) is 74.1 cm³/mol. The number of ether oxygens (including phenoxy) is 1. The fraction of sp³-hybridized carbons (Fsp3) is 0.267. The number of hydrogen-bond acceptors (Lipinski definition) is 4. The molecule has 4 nitrogen and oxygen atoms in total. The Hall–Kier alpha value is -1.91. The van der Waals surface area contributed by atoms with Crippen LogP contribution in [0.5, 0.6) is 11.5 Å². The number of aliphatic hydroxyl groups excluding tert-OH is 1. The van der Waals surface area contributed by atoms with E-state index in [2.05, 4.69) is 17.2 Å². The van der Waals surface area contributed by atoms with Gasteiger partial charge >= 0.3 is 0 Å². The molecule has 0 aliphatic heterocycles. The second-order valence-corrected chi connectivity index (χ2v) is 4.22. The van der Waals surface area contributed by atoms with Gasteiger partial charge in [0, 0.05) is 12.7 Å². The molecule has 0 radical (unpaired) electrons. The molecule has 2 aromatic rings. The van der Waals surface area contributed by atoms with Crippen molar-refractivity contribution < 1.29 is 9.84 Å². The normalized spacial score (nSPS) is 10.4. The fourth-order valence-corrected chi connectivity index (χ4v) is 1.73. The van der Waals surface area contributed by atoms with Gasteiger partial charge in [0.1, 0.15) is 11.5 Å². The molecule has 0 unspecified atom stereocenters. The van der Waals surface area contributed by atoms with Crippen LogP contribution in [0.15, 0.2) is 42.7 Å². The lowest BCUT2D eigenvalue weighted by Crippen LogP contribution is -2.11. The first-order valence-electron chi connectivity index (χ1n) is 6.34. The Labute approximate surface area is 113 Å². The summed E-state index contributed by atoms with van der Waals surface area (Å²) in [5.41, 5.74) is 1.91. The van der Waals surface area contributed by atoms with Crippen molar-refractivity contribution in [2.24, 2.45) is 0 Å². The van der Waals surface area contributed by atoms with Gasteiger partial charge < -0.3 is 15.2 Å². The van der Waals surface area contributed by atoms with Gasteiger partial charge in [0.2, 0.25) is 0 Å². The van der Waals surface area contributed by atoms with Crippen LogP contribution >= 0.6 is 0 Å². The van der Waals surface area contributed by atoms with Crippen LogP contribution in [0, 0.1) is 0 Å². The summed E-state index contributed by atoms with van der Waals surface area (Å²) in [5, 5.41) is 12.3. The van der Waals surface area contributed by atoms with Crippen molar-refractivity contribution >= 4 is 0 Å². The zero-order chi connectivity index (χ0) is 13.5. The summed E-state index contributed by atoms with van der Waals surface area (Å²) in [4.78, 5) is 4.16. The molecule has 1 aromatic carbocycles. The topological polar surface area (TPSA) is 54.4 Å². The van der Waals surface area contributed by atoms with Gasteiger partial charge in [-0.15, -0.1) is 0 Å². The molecule has 0 amide bonds. The first kappa shape index (κ1) is 13.5.